The molecule has 1 atom stereocenters. The molecule has 3 rings (SSSR count). The number of sulfonamides is 1. The van der Waals surface area contributed by atoms with Crippen LogP contribution in [0.2, 0.25) is 0 Å². The van der Waals surface area contributed by atoms with Gasteiger partial charge in [0.05, 0.1) is 21.7 Å². The Hall–Kier alpha value is -1.26. The molecule has 0 bridgehead atoms. The summed E-state index contributed by atoms with van der Waals surface area (Å²) in [5, 5.41) is 9.39. The van der Waals surface area contributed by atoms with Crippen molar-refractivity contribution in [3.05, 3.63) is 27.9 Å². The first-order valence-electron chi connectivity index (χ1n) is 7.97. The second-order valence-electron chi connectivity index (χ2n) is 5.94. The maximum atomic E-state index is 12.4. The Morgan fingerprint density at radius 3 is 3.00 bits per heavy atom. The summed E-state index contributed by atoms with van der Waals surface area (Å²) < 4.78 is 28.1. The summed E-state index contributed by atoms with van der Waals surface area (Å²) >= 11 is 0.993. The number of hydrogen-bond donors (Lipinski definition) is 3. The molecule has 0 spiro atoms. The maximum Gasteiger partial charge on any atom is 0.305 e. The molecule has 0 amide bonds. The highest BCUT2D eigenvalue weighted by Crippen LogP contribution is 2.20. The van der Waals surface area contributed by atoms with E-state index < -0.39 is 10.0 Å². The normalized spacial score (nSPS) is 19.8. The van der Waals surface area contributed by atoms with E-state index >= 15 is 0 Å². The molecular formula is C15H21N3O4S2. The number of aromatic nitrogens is 1. The van der Waals surface area contributed by atoms with Crippen molar-refractivity contribution in [3.8, 4) is 0 Å². The van der Waals surface area contributed by atoms with Crippen LogP contribution in [0.3, 0.4) is 0 Å². The molecular weight excluding hydrogens is 350 g/mol. The Kier molecular flexibility index (Phi) is 5.36. The van der Waals surface area contributed by atoms with Crippen molar-refractivity contribution >= 4 is 31.6 Å². The molecule has 0 radical (unpaired) electrons. The molecule has 0 aliphatic carbocycles. The summed E-state index contributed by atoms with van der Waals surface area (Å²) in [6.45, 7) is 1.86. The van der Waals surface area contributed by atoms with Crippen LogP contribution in [0.4, 0.5) is 0 Å². The number of fused-ring (bicyclic) bond motifs is 1. The van der Waals surface area contributed by atoms with E-state index in [1.165, 1.54) is 12.1 Å². The summed E-state index contributed by atoms with van der Waals surface area (Å²) in [7, 11) is -3.62. The molecule has 9 heteroatoms. The molecule has 1 aliphatic heterocycles. The third-order valence-corrected chi connectivity index (χ3v) is 6.66. The first-order chi connectivity index (χ1) is 11.5. The lowest BCUT2D eigenvalue weighted by Crippen LogP contribution is -2.45. The smallest absolute Gasteiger partial charge is 0.305 e. The molecule has 1 aromatic carbocycles. The molecule has 1 aliphatic rings. The van der Waals surface area contributed by atoms with E-state index in [9.17, 15) is 18.3 Å². The van der Waals surface area contributed by atoms with E-state index in [0.717, 1.165) is 37.1 Å². The Bertz CT molecular complexity index is 859. The number of aliphatic hydroxyl groups excluding tert-OH is 1. The van der Waals surface area contributed by atoms with Gasteiger partial charge in [-0.2, -0.15) is 0 Å². The van der Waals surface area contributed by atoms with E-state index in [-0.39, 0.29) is 22.4 Å². The number of aromatic amines is 1. The van der Waals surface area contributed by atoms with Crippen molar-refractivity contribution < 1.29 is 13.5 Å². The van der Waals surface area contributed by atoms with Gasteiger partial charge in [0, 0.05) is 19.1 Å². The van der Waals surface area contributed by atoms with Gasteiger partial charge in [0.1, 0.15) is 0 Å². The highest BCUT2D eigenvalue weighted by atomic mass is 32.2. The minimum Gasteiger partial charge on any atom is -0.395 e. The molecule has 132 valence electrons. The largest absolute Gasteiger partial charge is 0.395 e. The summed E-state index contributed by atoms with van der Waals surface area (Å²) in [5.74, 6) is 0. The summed E-state index contributed by atoms with van der Waals surface area (Å²) in [6, 6.07) is 4.73. The number of aliphatic hydroxyl groups is 1. The minimum atomic E-state index is -3.62. The Balaban J connectivity index is 1.65. The highest BCUT2D eigenvalue weighted by molar-refractivity contribution is 7.89. The Morgan fingerprint density at radius 1 is 1.38 bits per heavy atom. The fourth-order valence-corrected chi connectivity index (χ4v) is 4.96. The van der Waals surface area contributed by atoms with Crippen molar-refractivity contribution in [2.45, 2.75) is 30.2 Å². The van der Waals surface area contributed by atoms with Crippen LogP contribution in [0.5, 0.6) is 0 Å². The summed E-state index contributed by atoms with van der Waals surface area (Å²) in [5.41, 5.74) is 0.642. The van der Waals surface area contributed by atoms with Crippen LogP contribution in [0, 0.1) is 0 Å². The van der Waals surface area contributed by atoms with Gasteiger partial charge in [0.15, 0.2) is 0 Å². The standard InChI is InChI=1S/C15H21N3O4S2/c19-10-11-3-1-2-7-18(11)8-6-16-24(21,22)12-4-5-13-14(9-12)23-15(20)17-13/h4-5,9,11,16,19H,1-3,6-8,10H2,(H,17,20). The predicted octanol–water partition coefficient (Wildman–Crippen LogP) is 0.715. The quantitative estimate of drug-likeness (QED) is 0.694. The number of likely N-dealkylation sites (tertiary alicyclic amines) is 1. The van der Waals surface area contributed by atoms with Crippen molar-refractivity contribution in [3.63, 3.8) is 0 Å². The van der Waals surface area contributed by atoms with Crippen molar-refractivity contribution in [1.29, 1.82) is 0 Å². The summed E-state index contributed by atoms with van der Waals surface area (Å²) in [4.78, 5) is 16.1. The zero-order chi connectivity index (χ0) is 17.2. The molecule has 24 heavy (non-hydrogen) atoms. The number of nitrogens with one attached hydrogen (secondary N) is 2. The Labute approximate surface area is 144 Å². The number of benzene rings is 1. The van der Waals surface area contributed by atoms with Crippen molar-refractivity contribution in [2.24, 2.45) is 0 Å². The lowest BCUT2D eigenvalue weighted by atomic mass is 10.0. The van der Waals surface area contributed by atoms with Gasteiger partial charge in [0.2, 0.25) is 10.0 Å². The van der Waals surface area contributed by atoms with Crippen molar-refractivity contribution in [2.75, 3.05) is 26.2 Å². The zero-order valence-corrected chi connectivity index (χ0v) is 14.8. The topological polar surface area (TPSA) is 102 Å². The third kappa shape index (κ3) is 3.86. The van der Waals surface area contributed by atoms with Gasteiger partial charge in [-0.15, -0.1) is 0 Å². The average Bonchev–Trinajstić information content (AvgIpc) is 2.94. The van der Waals surface area contributed by atoms with E-state index in [4.69, 9.17) is 0 Å². The number of rotatable bonds is 6. The van der Waals surface area contributed by atoms with Gasteiger partial charge < -0.3 is 10.1 Å². The van der Waals surface area contributed by atoms with Crippen LogP contribution in [0.1, 0.15) is 19.3 Å². The van der Waals surface area contributed by atoms with E-state index in [1.54, 1.807) is 6.07 Å². The van der Waals surface area contributed by atoms with Crippen LogP contribution in [0.25, 0.3) is 10.2 Å². The van der Waals surface area contributed by atoms with Gasteiger partial charge in [-0.05, 0) is 37.6 Å². The monoisotopic (exact) mass is 371 g/mol. The van der Waals surface area contributed by atoms with Gasteiger partial charge in [-0.1, -0.05) is 17.8 Å². The second kappa shape index (κ2) is 7.32. The van der Waals surface area contributed by atoms with Crippen LogP contribution in [0.15, 0.2) is 27.9 Å². The first-order valence-corrected chi connectivity index (χ1v) is 10.3. The molecule has 1 saturated heterocycles. The lowest BCUT2D eigenvalue weighted by Gasteiger charge is -2.34. The van der Waals surface area contributed by atoms with Gasteiger partial charge >= 0.3 is 4.87 Å². The van der Waals surface area contributed by atoms with Gasteiger partial charge in [0.25, 0.3) is 0 Å². The van der Waals surface area contributed by atoms with Crippen LogP contribution in [-0.4, -0.2) is 55.7 Å². The fraction of sp³-hybridized carbons (Fsp3) is 0.533. The van der Waals surface area contributed by atoms with Gasteiger partial charge in [-0.25, -0.2) is 13.1 Å². The second-order valence-corrected chi connectivity index (χ2v) is 8.72. The van der Waals surface area contributed by atoms with Gasteiger partial charge in [-0.3, -0.25) is 9.69 Å². The maximum absolute atomic E-state index is 12.4. The molecule has 0 saturated carbocycles. The predicted molar refractivity (Wildman–Crippen MR) is 93.9 cm³/mol. The highest BCUT2D eigenvalue weighted by Gasteiger charge is 2.22. The SMILES string of the molecule is O=c1[nH]c2ccc(S(=O)(=O)NCCN3CCCCC3CO)cc2s1. The Morgan fingerprint density at radius 2 is 2.21 bits per heavy atom. The van der Waals surface area contributed by atoms with E-state index in [1.807, 2.05) is 0 Å². The van der Waals surface area contributed by atoms with Crippen LogP contribution >= 0.6 is 11.3 Å². The van der Waals surface area contributed by atoms with E-state index in [2.05, 4.69) is 14.6 Å². The van der Waals surface area contributed by atoms with Crippen LogP contribution < -0.4 is 9.60 Å². The summed E-state index contributed by atoms with van der Waals surface area (Å²) in [6.07, 6.45) is 3.13. The number of H-pyrrole nitrogens is 1. The molecule has 3 N–H and O–H groups in total. The fourth-order valence-electron chi connectivity index (χ4n) is 3.06. The molecule has 1 fully saturated rings. The first kappa shape index (κ1) is 17.6. The number of thiazole rings is 1. The molecule has 7 nitrogen and oxygen atoms in total. The molecule has 1 unspecified atom stereocenters. The lowest BCUT2D eigenvalue weighted by molar-refractivity contribution is 0.0923. The third-order valence-electron chi connectivity index (χ3n) is 4.35. The average molecular weight is 371 g/mol. The molecule has 2 aromatic rings. The molecule has 2 heterocycles. The minimum absolute atomic E-state index is 0.107. The zero-order valence-electron chi connectivity index (χ0n) is 13.2. The van der Waals surface area contributed by atoms with Crippen LogP contribution in [-0.2, 0) is 10.0 Å². The van der Waals surface area contributed by atoms with E-state index in [0.29, 0.717) is 23.3 Å². The molecule has 1 aromatic heterocycles. The number of nitrogens with zero attached hydrogens (tertiary/aromatic N) is 1. The number of piperidine rings is 1. The van der Waals surface area contributed by atoms with Crippen molar-refractivity contribution in [1.82, 2.24) is 14.6 Å². The number of hydrogen-bond acceptors (Lipinski definition) is 6.